The zero-order valence-corrected chi connectivity index (χ0v) is 11.8. The predicted octanol–water partition coefficient (Wildman–Crippen LogP) is 0.807. The summed E-state index contributed by atoms with van der Waals surface area (Å²) in [4.78, 5) is 25.7. The molecule has 0 saturated carbocycles. The summed E-state index contributed by atoms with van der Waals surface area (Å²) in [5.74, 6) is 0. The Hall–Kier alpha value is -1.50. The monoisotopic (exact) mass is 273 g/mol. The van der Waals surface area contributed by atoms with Gasteiger partial charge in [0.15, 0.2) is 0 Å². The maximum atomic E-state index is 11.4. The lowest BCUT2D eigenvalue weighted by Gasteiger charge is -2.33. The number of hydrogen-bond acceptors (Lipinski definition) is 4. The van der Waals surface area contributed by atoms with E-state index in [1.54, 1.807) is 0 Å². The second kappa shape index (κ2) is 6.60. The van der Waals surface area contributed by atoms with Crippen molar-refractivity contribution in [3.63, 3.8) is 0 Å². The summed E-state index contributed by atoms with van der Waals surface area (Å²) < 4.78 is 5.12. The molecule has 1 aliphatic rings. The maximum Gasteiger partial charge on any atom is 0.407 e. The first-order valence-corrected chi connectivity index (χ1v) is 6.45. The van der Waals surface area contributed by atoms with Crippen LogP contribution in [-0.4, -0.2) is 72.0 Å². The van der Waals surface area contributed by atoms with Crippen LogP contribution in [0.3, 0.4) is 0 Å². The van der Waals surface area contributed by atoms with E-state index in [1.165, 1.54) is 4.90 Å². The Morgan fingerprint density at radius 1 is 1.21 bits per heavy atom. The molecule has 19 heavy (non-hydrogen) atoms. The molecule has 0 atom stereocenters. The largest absolute Gasteiger partial charge is 0.465 e. The van der Waals surface area contributed by atoms with Gasteiger partial charge in [0.25, 0.3) is 0 Å². The van der Waals surface area contributed by atoms with Crippen LogP contribution in [0.25, 0.3) is 0 Å². The molecule has 0 aromatic heterocycles. The van der Waals surface area contributed by atoms with Gasteiger partial charge >= 0.3 is 12.2 Å². The Morgan fingerprint density at radius 3 is 2.26 bits per heavy atom. The summed E-state index contributed by atoms with van der Waals surface area (Å²) >= 11 is 0. The lowest BCUT2D eigenvalue weighted by atomic mass is 10.2. The molecule has 0 spiro atoms. The Morgan fingerprint density at radius 2 is 1.79 bits per heavy atom. The van der Waals surface area contributed by atoms with Gasteiger partial charge in [-0.25, -0.2) is 9.59 Å². The molecule has 0 radical (unpaired) electrons. The van der Waals surface area contributed by atoms with Gasteiger partial charge in [0.1, 0.15) is 5.60 Å². The quantitative estimate of drug-likeness (QED) is 0.795. The highest BCUT2D eigenvalue weighted by molar-refractivity contribution is 5.67. The third-order valence-electron chi connectivity index (χ3n) is 2.74. The molecule has 1 aliphatic heterocycles. The average Bonchev–Trinajstić information content (AvgIpc) is 2.27. The van der Waals surface area contributed by atoms with Crippen LogP contribution < -0.4 is 5.32 Å². The van der Waals surface area contributed by atoms with Crippen LogP contribution in [0.15, 0.2) is 0 Å². The predicted molar refractivity (Wildman–Crippen MR) is 70.3 cm³/mol. The summed E-state index contributed by atoms with van der Waals surface area (Å²) in [6.45, 7) is 9.08. The van der Waals surface area contributed by atoms with E-state index in [1.807, 2.05) is 20.8 Å². The molecule has 0 unspecified atom stereocenters. The van der Waals surface area contributed by atoms with Gasteiger partial charge < -0.3 is 20.1 Å². The Labute approximate surface area is 113 Å². The van der Waals surface area contributed by atoms with Crippen LogP contribution in [0.1, 0.15) is 20.8 Å². The van der Waals surface area contributed by atoms with E-state index < -0.39 is 17.8 Å². The van der Waals surface area contributed by atoms with Crippen LogP contribution >= 0.6 is 0 Å². The molecule has 2 amide bonds. The fourth-order valence-corrected chi connectivity index (χ4v) is 1.79. The lowest BCUT2D eigenvalue weighted by Crippen LogP contribution is -2.50. The second-order valence-corrected chi connectivity index (χ2v) is 5.54. The summed E-state index contributed by atoms with van der Waals surface area (Å²) in [5, 5.41) is 11.5. The molecule has 1 fully saturated rings. The minimum Gasteiger partial charge on any atom is -0.465 e. The number of nitrogens with one attached hydrogen (secondary N) is 1. The first-order chi connectivity index (χ1) is 8.78. The number of ether oxygens (including phenoxy) is 1. The molecule has 1 saturated heterocycles. The minimum absolute atomic E-state index is 0.420. The minimum atomic E-state index is -0.869. The normalized spacial score (nSPS) is 17.1. The average molecular weight is 273 g/mol. The molecule has 1 rings (SSSR count). The molecule has 0 aromatic rings. The van der Waals surface area contributed by atoms with E-state index in [2.05, 4.69) is 10.2 Å². The van der Waals surface area contributed by atoms with Crippen molar-refractivity contribution in [2.75, 3.05) is 39.3 Å². The third kappa shape index (κ3) is 6.28. The number of hydrogen-bond donors (Lipinski definition) is 2. The van der Waals surface area contributed by atoms with Gasteiger partial charge in [0, 0.05) is 39.3 Å². The molecule has 7 nitrogen and oxygen atoms in total. The van der Waals surface area contributed by atoms with E-state index >= 15 is 0 Å². The number of rotatable bonds is 3. The van der Waals surface area contributed by atoms with Gasteiger partial charge in [-0.05, 0) is 20.8 Å². The van der Waals surface area contributed by atoms with E-state index in [0.717, 1.165) is 0 Å². The fourth-order valence-electron chi connectivity index (χ4n) is 1.79. The first-order valence-electron chi connectivity index (χ1n) is 6.45. The zero-order chi connectivity index (χ0) is 14.5. The van der Waals surface area contributed by atoms with Gasteiger partial charge in [-0.2, -0.15) is 0 Å². The van der Waals surface area contributed by atoms with E-state index in [-0.39, 0.29) is 0 Å². The van der Waals surface area contributed by atoms with Crippen LogP contribution in [0.4, 0.5) is 9.59 Å². The highest BCUT2D eigenvalue weighted by Crippen LogP contribution is 2.06. The van der Waals surface area contributed by atoms with Crippen molar-refractivity contribution in [3.05, 3.63) is 0 Å². The van der Waals surface area contributed by atoms with Crippen LogP contribution in [0.5, 0.6) is 0 Å². The zero-order valence-electron chi connectivity index (χ0n) is 11.8. The summed E-state index contributed by atoms with van der Waals surface area (Å²) in [7, 11) is 0. The molecule has 0 aromatic carbocycles. The number of nitrogens with zero attached hydrogens (tertiary/aromatic N) is 2. The van der Waals surface area contributed by atoms with Crippen molar-refractivity contribution in [3.8, 4) is 0 Å². The lowest BCUT2D eigenvalue weighted by molar-refractivity contribution is 0.0517. The molecule has 0 aliphatic carbocycles. The molecule has 1 heterocycles. The Balaban J connectivity index is 2.14. The second-order valence-electron chi connectivity index (χ2n) is 5.54. The molecular weight excluding hydrogens is 250 g/mol. The number of carbonyl (C=O) groups excluding carboxylic acids is 1. The van der Waals surface area contributed by atoms with Crippen molar-refractivity contribution < 1.29 is 19.4 Å². The summed E-state index contributed by atoms with van der Waals surface area (Å²) in [5.41, 5.74) is -0.489. The number of piperazine rings is 1. The number of carbonyl (C=O) groups is 2. The number of carboxylic acid groups (broad SMARTS) is 1. The number of amides is 2. The molecule has 0 bridgehead atoms. The van der Waals surface area contributed by atoms with Crippen LogP contribution in [0.2, 0.25) is 0 Å². The van der Waals surface area contributed by atoms with E-state index in [4.69, 9.17) is 9.84 Å². The molecule has 2 N–H and O–H groups in total. The topological polar surface area (TPSA) is 82.1 Å². The van der Waals surface area contributed by atoms with Crippen molar-refractivity contribution in [1.29, 1.82) is 0 Å². The molecule has 7 heteroatoms. The van der Waals surface area contributed by atoms with Gasteiger partial charge in [0.05, 0.1) is 0 Å². The fraction of sp³-hybridized carbons (Fsp3) is 0.833. The van der Waals surface area contributed by atoms with E-state index in [0.29, 0.717) is 39.3 Å². The van der Waals surface area contributed by atoms with E-state index in [9.17, 15) is 9.59 Å². The molecule has 110 valence electrons. The van der Waals surface area contributed by atoms with Gasteiger partial charge in [0.2, 0.25) is 0 Å². The van der Waals surface area contributed by atoms with Crippen molar-refractivity contribution >= 4 is 12.2 Å². The van der Waals surface area contributed by atoms with Crippen molar-refractivity contribution in [1.82, 2.24) is 15.1 Å². The standard InChI is InChI=1S/C12H23N3O4/c1-12(2,3)19-10(16)13-4-5-14-6-8-15(9-7-14)11(17)18/h4-9H2,1-3H3,(H,13,16)(H,17,18). The summed E-state index contributed by atoms with van der Waals surface area (Å²) in [6.07, 6.45) is -1.29. The highest BCUT2D eigenvalue weighted by Gasteiger charge is 2.20. The van der Waals surface area contributed by atoms with Crippen LogP contribution in [0, 0.1) is 0 Å². The molecular formula is C12H23N3O4. The maximum absolute atomic E-state index is 11.4. The van der Waals surface area contributed by atoms with Gasteiger partial charge in [-0.3, -0.25) is 4.90 Å². The highest BCUT2D eigenvalue weighted by atomic mass is 16.6. The Bertz CT molecular complexity index is 319. The van der Waals surface area contributed by atoms with Gasteiger partial charge in [-0.15, -0.1) is 0 Å². The third-order valence-corrected chi connectivity index (χ3v) is 2.74. The van der Waals surface area contributed by atoms with Gasteiger partial charge in [-0.1, -0.05) is 0 Å². The number of alkyl carbamates (subject to hydrolysis) is 1. The van der Waals surface area contributed by atoms with Crippen LogP contribution in [-0.2, 0) is 4.74 Å². The Kier molecular flexibility index (Phi) is 5.41. The smallest absolute Gasteiger partial charge is 0.407 e. The SMILES string of the molecule is CC(C)(C)OC(=O)NCCN1CCN(C(=O)O)CC1. The first kappa shape index (κ1) is 15.6. The van der Waals surface area contributed by atoms with Crippen molar-refractivity contribution in [2.45, 2.75) is 26.4 Å². The summed E-state index contributed by atoms with van der Waals surface area (Å²) in [6, 6.07) is 0. The van der Waals surface area contributed by atoms with Crippen molar-refractivity contribution in [2.24, 2.45) is 0 Å².